The van der Waals surface area contributed by atoms with Gasteiger partial charge in [0.25, 0.3) is 0 Å². The van der Waals surface area contributed by atoms with Gasteiger partial charge >= 0.3 is 0 Å². The molecule has 0 atom stereocenters. The molecule has 0 amide bonds. The SMILES string of the molecule is Cc1ccc(N(I)c2ccc(-c3ccc4c(c3)c3ccccc3n4-c3ccccc3)cc2)cc1. The number of aromatic nitrogens is 1. The van der Waals surface area contributed by atoms with Crippen LogP contribution in [0.25, 0.3) is 38.6 Å². The quantitative estimate of drug-likeness (QED) is 0.157. The van der Waals surface area contributed by atoms with Crippen molar-refractivity contribution in [2.75, 3.05) is 3.11 Å². The molecule has 0 N–H and O–H groups in total. The topological polar surface area (TPSA) is 8.17 Å². The van der Waals surface area contributed by atoms with Gasteiger partial charge in [0, 0.05) is 16.5 Å². The lowest BCUT2D eigenvalue weighted by Crippen LogP contribution is -2.00. The smallest absolute Gasteiger partial charge is 0.0646 e. The molecule has 0 radical (unpaired) electrons. The first-order valence-corrected chi connectivity index (χ1v) is 12.4. The summed E-state index contributed by atoms with van der Waals surface area (Å²) in [4.78, 5) is 0. The molecule has 6 rings (SSSR count). The normalized spacial score (nSPS) is 11.2. The van der Waals surface area contributed by atoms with Crippen LogP contribution in [0.1, 0.15) is 5.56 Å². The molecule has 1 heterocycles. The lowest BCUT2D eigenvalue weighted by Gasteiger charge is -2.17. The minimum atomic E-state index is 1.16. The van der Waals surface area contributed by atoms with Gasteiger partial charge in [-0.3, -0.25) is 3.11 Å². The number of rotatable bonds is 4. The average Bonchev–Trinajstić information content (AvgIpc) is 3.23. The molecule has 0 saturated carbocycles. The fraction of sp³-hybridized carbons (Fsp3) is 0.0323. The first kappa shape index (κ1) is 21.0. The lowest BCUT2D eigenvalue weighted by atomic mass is 10.0. The Morgan fingerprint density at radius 3 is 1.88 bits per heavy atom. The van der Waals surface area contributed by atoms with Crippen molar-refractivity contribution < 1.29 is 0 Å². The zero-order chi connectivity index (χ0) is 23.1. The van der Waals surface area contributed by atoms with Crippen molar-refractivity contribution >= 4 is 56.0 Å². The molecule has 34 heavy (non-hydrogen) atoms. The Labute approximate surface area is 213 Å². The van der Waals surface area contributed by atoms with Gasteiger partial charge in [0.15, 0.2) is 0 Å². The Kier molecular flexibility index (Phi) is 5.34. The summed E-state index contributed by atoms with van der Waals surface area (Å²) in [6, 6.07) is 43.5. The Hall–Kier alpha value is -3.57. The molecule has 164 valence electrons. The fourth-order valence-electron chi connectivity index (χ4n) is 4.62. The van der Waals surface area contributed by atoms with Gasteiger partial charge in [0.2, 0.25) is 0 Å². The van der Waals surface area contributed by atoms with Crippen molar-refractivity contribution in [3.05, 3.63) is 127 Å². The molecular formula is C31H23IN2. The van der Waals surface area contributed by atoms with E-state index in [0.29, 0.717) is 0 Å². The number of anilines is 2. The molecule has 2 nitrogen and oxygen atoms in total. The van der Waals surface area contributed by atoms with E-state index in [1.807, 2.05) is 0 Å². The number of halogens is 1. The number of hydrogen-bond donors (Lipinski definition) is 0. The van der Waals surface area contributed by atoms with Gasteiger partial charge in [-0.15, -0.1) is 0 Å². The van der Waals surface area contributed by atoms with Crippen LogP contribution in [-0.2, 0) is 0 Å². The average molecular weight is 550 g/mol. The third-order valence-electron chi connectivity index (χ3n) is 6.37. The molecule has 5 aromatic carbocycles. The summed E-state index contributed by atoms with van der Waals surface area (Å²) in [5.74, 6) is 0. The molecule has 0 saturated heterocycles. The van der Waals surface area contributed by atoms with E-state index < -0.39 is 0 Å². The number of fused-ring (bicyclic) bond motifs is 3. The predicted octanol–water partition coefficient (Wildman–Crippen LogP) is 9.25. The van der Waals surface area contributed by atoms with E-state index in [4.69, 9.17) is 0 Å². The number of benzene rings is 5. The molecule has 0 aliphatic carbocycles. The van der Waals surface area contributed by atoms with Crippen LogP contribution in [0.5, 0.6) is 0 Å². The summed E-state index contributed by atoms with van der Waals surface area (Å²) < 4.78 is 4.55. The van der Waals surface area contributed by atoms with E-state index in [1.54, 1.807) is 0 Å². The maximum absolute atomic E-state index is 2.37. The lowest BCUT2D eigenvalue weighted by molar-refractivity contribution is 1.18. The molecule has 0 aliphatic heterocycles. The van der Waals surface area contributed by atoms with E-state index in [1.165, 1.54) is 49.9 Å². The zero-order valence-corrected chi connectivity index (χ0v) is 21.0. The Morgan fingerprint density at radius 2 is 1.15 bits per heavy atom. The molecule has 0 bridgehead atoms. The summed E-state index contributed by atoms with van der Waals surface area (Å²) in [7, 11) is 0. The van der Waals surface area contributed by atoms with Crippen molar-refractivity contribution in [2.45, 2.75) is 6.92 Å². The van der Waals surface area contributed by atoms with Crippen LogP contribution in [0.15, 0.2) is 121 Å². The van der Waals surface area contributed by atoms with Crippen LogP contribution < -0.4 is 3.11 Å². The van der Waals surface area contributed by atoms with Gasteiger partial charge in [0.05, 0.1) is 45.3 Å². The summed E-state index contributed by atoms with van der Waals surface area (Å²) in [6.45, 7) is 2.12. The number of nitrogens with zero attached hydrogens (tertiary/aromatic N) is 2. The summed E-state index contributed by atoms with van der Waals surface area (Å²) in [6.07, 6.45) is 0. The summed E-state index contributed by atoms with van der Waals surface area (Å²) in [5, 5.41) is 2.55. The van der Waals surface area contributed by atoms with Crippen LogP contribution in [-0.4, -0.2) is 4.57 Å². The van der Waals surface area contributed by atoms with Crippen LogP contribution in [0.3, 0.4) is 0 Å². The highest BCUT2D eigenvalue weighted by molar-refractivity contribution is 14.1. The van der Waals surface area contributed by atoms with E-state index in [0.717, 1.165) is 5.69 Å². The van der Waals surface area contributed by atoms with Crippen LogP contribution in [0, 0.1) is 6.92 Å². The molecule has 3 heteroatoms. The first-order valence-electron chi connectivity index (χ1n) is 11.4. The predicted molar refractivity (Wildman–Crippen MR) is 154 cm³/mol. The molecule has 6 aromatic rings. The Morgan fingerprint density at radius 1 is 0.559 bits per heavy atom. The Balaban J connectivity index is 1.41. The van der Waals surface area contributed by atoms with Gasteiger partial charge in [0.1, 0.15) is 0 Å². The molecule has 1 aromatic heterocycles. The Bertz CT molecular complexity index is 1600. The largest absolute Gasteiger partial charge is 0.309 e. The van der Waals surface area contributed by atoms with E-state index in [9.17, 15) is 0 Å². The summed E-state index contributed by atoms with van der Waals surface area (Å²) >= 11 is 2.37. The molecule has 0 aliphatic rings. The second-order valence-corrected chi connectivity index (χ2v) is 9.55. The van der Waals surface area contributed by atoms with Gasteiger partial charge in [-0.25, -0.2) is 0 Å². The molecule has 0 unspecified atom stereocenters. The number of para-hydroxylation sites is 2. The van der Waals surface area contributed by atoms with Crippen LogP contribution in [0.4, 0.5) is 11.4 Å². The number of hydrogen-bond acceptors (Lipinski definition) is 1. The molecule has 0 spiro atoms. The van der Waals surface area contributed by atoms with E-state index >= 15 is 0 Å². The molecule has 0 fully saturated rings. The van der Waals surface area contributed by atoms with Crippen LogP contribution >= 0.6 is 22.9 Å². The first-order chi connectivity index (χ1) is 16.7. The second-order valence-electron chi connectivity index (χ2n) is 8.58. The monoisotopic (exact) mass is 550 g/mol. The summed E-state index contributed by atoms with van der Waals surface area (Å²) in [5.41, 5.74) is 9.70. The van der Waals surface area contributed by atoms with E-state index in [-0.39, 0.29) is 0 Å². The fourth-order valence-corrected chi connectivity index (χ4v) is 5.26. The van der Waals surface area contributed by atoms with Crippen molar-refractivity contribution in [3.63, 3.8) is 0 Å². The van der Waals surface area contributed by atoms with E-state index in [2.05, 4.69) is 159 Å². The maximum Gasteiger partial charge on any atom is 0.0646 e. The van der Waals surface area contributed by atoms with Crippen molar-refractivity contribution in [3.8, 4) is 16.8 Å². The minimum absolute atomic E-state index is 1.16. The molecular weight excluding hydrogens is 527 g/mol. The second kappa shape index (κ2) is 8.65. The standard InChI is InChI=1S/C31H23IN2/c1-22-11-16-26(17-12-22)34(32)27-18-13-23(14-19-27)24-15-20-31-29(21-24)28-9-5-6-10-30(28)33(31)25-7-3-2-4-8-25/h2-21H,1H3. The van der Waals surface area contributed by atoms with Crippen molar-refractivity contribution in [2.24, 2.45) is 0 Å². The van der Waals surface area contributed by atoms with Crippen molar-refractivity contribution in [1.29, 1.82) is 0 Å². The zero-order valence-electron chi connectivity index (χ0n) is 18.8. The number of aryl methyl sites for hydroxylation is 1. The maximum atomic E-state index is 2.37. The third kappa shape index (κ3) is 3.66. The minimum Gasteiger partial charge on any atom is -0.309 e. The van der Waals surface area contributed by atoms with Gasteiger partial charge < -0.3 is 4.57 Å². The highest BCUT2D eigenvalue weighted by Crippen LogP contribution is 2.36. The third-order valence-corrected chi connectivity index (χ3v) is 7.49. The van der Waals surface area contributed by atoms with Crippen LogP contribution in [0.2, 0.25) is 0 Å². The van der Waals surface area contributed by atoms with Gasteiger partial charge in [-0.1, -0.05) is 72.3 Å². The van der Waals surface area contributed by atoms with Gasteiger partial charge in [-0.05, 0) is 72.6 Å². The highest BCUT2D eigenvalue weighted by Gasteiger charge is 2.13. The highest BCUT2D eigenvalue weighted by atomic mass is 127. The van der Waals surface area contributed by atoms with Crippen molar-refractivity contribution in [1.82, 2.24) is 4.57 Å². The van der Waals surface area contributed by atoms with Gasteiger partial charge in [-0.2, -0.15) is 0 Å².